The molecule has 0 radical (unpaired) electrons. The molecule has 1 aliphatic rings. The van der Waals surface area contributed by atoms with Crippen molar-refractivity contribution in [2.45, 2.75) is 38.6 Å². The molecule has 88 valence electrons. The summed E-state index contributed by atoms with van der Waals surface area (Å²) in [6.45, 7) is 4.78. The average Bonchev–Trinajstić information content (AvgIpc) is 2.76. The Kier molecular flexibility index (Phi) is 3.83. The van der Waals surface area contributed by atoms with Crippen LogP contribution in [-0.4, -0.2) is 24.0 Å². The van der Waals surface area contributed by atoms with Crippen molar-refractivity contribution in [3.05, 3.63) is 29.8 Å². The van der Waals surface area contributed by atoms with Gasteiger partial charge < -0.3 is 10.6 Å². The maximum atomic E-state index is 5.68. The van der Waals surface area contributed by atoms with Gasteiger partial charge in [0.2, 0.25) is 0 Å². The van der Waals surface area contributed by atoms with Gasteiger partial charge in [-0.1, -0.05) is 19.1 Å². The first kappa shape index (κ1) is 11.5. The highest BCUT2D eigenvalue weighted by Crippen LogP contribution is 2.20. The SMILES string of the molecule is CCC1CCCN1CCc1ccc(N)cc1. The Balaban J connectivity index is 1.85. The number of anilines is 1. The largest absolute Gasteiger partial charge is 0.399 e. The second-order valence-electron chi connectivity index (χ2n) is 4.73. The van der Waals surface area contributed by atoms with E-state index in [1.165, 1.54) is 37.9 Å². The number of nitrogens with two attached hydrogens (primary N) is 1. The van der Waals surface area contributed by atoms with E-state index in [9.17, 15) is 0 Å². The predicted molar refractivity (Wildman–Crippen MR) is 69.4 cm³/mol. The monoisotopic (exact) mass is 218 g/mol. The first-order valence-corrected chi connectivity index (χ1v) is 6.38. The van der Waals surface area contributed by atoms with Crippen molar-refractivity contribution in [2.75, 3.05) is 18.8 Å². The Hall–Kier alpha value is -1.02. The van der Waals surface area contributed by atoms with Crippen LogP contribution in [0.3, 0.4) is 0 Å². The lowest BCUT2D eigenvalue weighted by molar-refractivity contribution is 0.251. The Morgan fingerprint density at radius 2 is 2.06 bits per heavy atom. The molecule has 1 aromatic carbocycles. The van der Waals surface area contributed by atoms with Crippen molar-refractivity contribution in [1.82, 2.24) is 4.90 Å². The van der Waals surface area contributed by atoms with Crippen LogP contribution in [0.25, 0.3) is 0 Å². The van der Waals surface area contributed by atoms with Gasteiger partial charge in [0.25, 0.3) is 0 Å². The smallest absolute Gasteiger partial charge is 0.0314 e. The van der Waals surface area contributed by atoms with Gasteiger partial charge in [0, 0.05) is 18.3 Å². The van der Waals surface area contributed by atoms with Crippen LogP contribution in [0, 0.1) is 0 Å². The topological polar surface area (TPSA) is 29.3 Å². The highest BCUT2D eigenvalue weighted by atomic mass is 15.2. The molecule has 0 amide bonds. The van der Waals surface area contributed by atoms with Gasteiger partial charge in [0.1, 0.15) is 0 Å². The van der Waals surface area contributed by atoms with E-state index < -0.39 is 0 Å². The van der Waals surface area contributed by atoms with E-state index in [0.29, 0.717) is 0 Å². The van der Waals surface area contributed by atoms with Gasteiger partial charge in [-0.2, -0.15) is 0 Å². The molecule has 0 aliphatic carbocycles. The molecular weight excluding hydrogens is 196 g/mol. The van der Waals surface area contributed by atoms with E-state index in [0.717, 1.165) is 18.2 Å². The summed E-state index contributed by atoms with van der Waals surface area (Å²) in [5.74, 6) is 0. The second kappa shape index (κ2) is 5.35. The molecule has 1 fully saturated rings. The summed E-state index contributed by atoms with van der Waals surface area (Å²) < 4.78 is 0. The van der Waals surface area contributed by atoms with E-state index in [1.807, 2.05) is 12.1 Å². The summed E-state index contributed by atoms with van der Waals surface area (Å²) in [7, 11) is 0. The third kappa shape index (κ3) is 2.76. The van der Waals surface area contributed by atoms with Gasteiger partial charge in [-0.05, 0) is 49.9 Å². The number of hydrogen-bond donors (Lipinski definition) is 1. The van der Waals surface area contributed by atoms with Crippen molar-refractivity contribution in [1.29, 1.82) is 0 Å². The first-order valence-electron chi connectivity index (χ1n) is 6.38. The molecule has 0 aromatic heterocycles. The summed E-state index contributed by atoms with van der Waals surface area (Å²) in [6.07, 6.45) is 5.21. The highest BCUT2D eigenvalue weighted by Gasteiger charge is 2.21. The van der Waals surface area contributed by atoms with E-state index in [1.54, 1.807) is 0 Å². The molecule has 1 aromatic rings. The molecule has 2 N–H and O–H groups in total. The highest BCUT2D eigenvalue weighted by molar-refractivity contribution is 5.39. The van der Waals surface area contributed by atoms with Crippen LogP contribution in [-0.2, 0) is 6.42 Å². The van der Waals surface area contributed by atoms with Crippen molar-refractivity contribution in [3.63, 3.8) is 0 Å². The molecule has 2 heteroatoms. The normalized spacial score (nSPS) is 21.4. The number of likely N-dealkylation sites (tertiary alicyclic amines) is 1. The van der Waals surface area contributed by atoms with E-state index in [4.69, 9.17) is 5.73 Å². The van der Waals surface area contributed by atoms with Gasteiger partial charge in [-0.25, -0.2) is 0 Å². The molecule has 0 spiro atoms. The lowest BCUT2D eigenvalue weighted by Crippen LogP contribution is -2.30. The minimum Gasteiger partial charge on any atom is -0.399 e. The molecule has 1 atom stereocenters. The molecule has 1 heterocycles. The third-order valence-corrected chi connectivity index (χ3v) is 3.64. The maximum Gasteiger partial charge on any atom is 0.0314 e. The summed E-state index contributed by atoms with van der Waals surface area (Å²) in [6, 6.07) is 9.11. The van der Waals surface area contributed by atoms with Crippen molar-refractivity contribution < 1.29 is 0 Å². The maximum absolute atomic E-state index is 5.68. The van der Waals surface area contributed by atoms with Gasteiger partial charge in [-0.15, -0.1) is 0 Å². The fourth-order valence-corrected chi connectivity index (χ4v) is 2.61. The molecule has 0 bridgehead atoms. The predicted octanol–water partition coefficient (Wildman–Crippen LogP) is 2.69. The van der Waals surface area contributed by atoms with Crippen molar-refractivity contribution in [3.8, 4) is 0 Å². The van der Waals surface area contributed by atoms with Crippen LogP contribution in [0.2, 0.25) is 0 Å². The molecule has 1 unspecified atom stereocenters. The van der Waals surface area contributed by atoms with E-state index in [2.05, 4.69) is 24.0 Å². The number of nitrogens with zero attached hydrogens (tertiary/aromatic N) is 1. The lowest BCUT2D eigenvalue weighted by Gasteiger charge is -2.23. The number of benzene rings is 1. The zero-order chi connectivity index (χ0) is 11.4. The Labute approximate surface area is 98.4 Å². The second-order valence-corrected chi connectivity index (χ2v) is 4.73. The van der Waals surface area contributed by atoms with Crippen LogP contribution in [0.15, 0.2) is 24.3 Å². The lowest BCUT2D eigenvalue weighted by atomic mass is 10.1. The molecule has 2 rings (SSSR count). The van der Waals surface area contributed by atoms with Crippen LogP contribution < -0.4 is 5.73 Å². The molecular formula is C14H22N2. The quantitative estimate of drug-likeness (QED) is 0.787. The van der Waals surface area contributed by atoms with Gasteiger partial charge in [0.15, 0.2) is 0 Å². The van der Waals surface area contributed by atoms with Gasteiger partial charge in [0.05, 0.1) is 0 Å². The zero-order valence-corrected chi connectivity index (χ0v) is 10.2. The fourth-order valence-electron chi connectivity index (χ4n) is 2.61. The summed E-state index contributed by atoms with van der Waals surface area (Å²) in [5.41, 5.74) is 7.93. The van der Waals surface area contributed by atoms with E-state index in [-0.39, 0.29) is 0 Å². The number of hydrogen-bond acceptors (Lipinski definition) is 2. The van der Waals surface area contributed by atoms with Gasteiger partial charge in [-0.3, -0.25) is 0 Å². The zero-order valence-electron chi connectivity index (χ0n) is 10.2. The molecule has 1 saturated heterocycles. The van der Waals surface area contributed by atoms with E-state index >= 15 is 0 Å². The molecule has 1 aliphatic heterocycles. The average molecular weight is 218 g/mol. The summed E-state index contributed by atoms with van der Waals surface area (Å²) in [5, 5.41) is 0. The number of nitrogen functional groups attached to an aromatic ring is 1. The van der Waals surface area contributed by atoms with Crippen LogP contribution in [0.4, 0.5) is 5.69 Å². The molecule has 2 nitrogen and oxygen atoms in total. The fraction of sp³-hybridized carbons (Fsp3) is 0.571. The first-order chi connectivity index (χ1) is 7.79. The third-order valence-electron chi connectivity index (χ3n) is 3.64. The standard InChI is InChI=1S/C14H22N2/c1-2-14-4-3-10-16(14)11-9-12-5-7-13(15)8-6-12/h5-8,14H,2-4,9-11,15H2,1H3. The minimum absolute atomic E-state index is 0.828. The summed E-state index contributed by atoms with van der Waals surface area (Å²) in [4.78, 5) is 2.64. The Bertz CT molecular complexity index is 318. The molecule has 16 heavy (non-hydrogen) atoms. The molecule has 0 saturated carbocycles. The van der Waals surface area contributed by atoms with Crippen molar-refractivity contribution in [2.24, 2.45) is 0 Å². The van der Waals surface area contributed by atoms with Gasteiger partial charge >= 0.3 is 0 Å². The van der Waals surface area contributed by atoms with Crippen LogP contribution in [0.5, 0.6) is 0 Å². The minimum atomic E-state index is 0.828. The number of rotatable bonds is 4. The van der Waals surface area contributed by atoms with Crippen LogP contribution >= 0.6 is 0 Å². The van der Waals surface area contributed by atoms with Crippen molar-refractivity contribution >= 4 is 5.69 Å². The Morgan fingerprint density at radius 3 is 2.75 bits per heavy atom. The van der Waals surface area contributed by atoms with Crippen LogP contribution in [0.1, 0.15) is 31.7 Å². The summed E-state index contributed by atoms with van der Waals surface area (Å²) >= 11 is 0. The Morgan fingerprint density at radius 1 is 1.31 bits per heavy atom.